The predicted octanol–water partition coefficient (Wildman–Crippen LogP) is -0.227. The van der Waals surface area contributed by atoms with E-state index < -0.39 is 0 Å². The maximum atomic E-state index is 4.81. The van der Waals surface area contributed by atoms with Crippen LogP contribution in [0.2, 0.25) is 0 Å². The van der Waals surface area contributed by atoms with Crippen LogP contribution in [0.15, 0.2) is 18.7 Å². The molecule has 1 aromatic rings. The van der Waals surface area contributed by atoms with E-state index in [1.165, 1.54) is 0 Å². The van der Waals surface area contributed by atoms with E-state index in [9.17, 15) is 0 Å². The van der Waals surface area contributed by atoms with Gasteiger partial charge in [-0.15, -0.1) is 0 Å². The molecule has 0 aromatic carbocycles. The highest BCUT2D eigenvalue weighted by Gasteiger charge is 1.85. The first kappa shape index (κ1) is 6.25. The molecule has 0 fully saturated rings. The topological polar surface area (TPSA) is 53.1 Å². The fraction of sp³-hybridized carbons (Fsp3) is 0.400. The van der Waals surface area contributed by atoms with E-state index in [2.05, 4.69) is 9.82 Å². The van der Waals surface area contributed by atoms with Crippen LogP contribution in [0.1, 0.15) is 0 Å². The number of aromatic nitrogens is 2. The number of nitrogens with two attached hydrogens (primary N) is 1. The molecule has 1 rings (SSSR count). The average Bonchev–Trinajstić information content (AvgIpc) is 2.34. The Morgan fingerprint density at radius 2 is 2.56 bits per heavy atom. The van der Waals surface area contributed by atoms with E-state index in [1.54, 1.807) is 12.5 Å². The highest BCUT2D eigenvalue weighted by Crippen LogP contribution is 1.83. The van der Waals surface area contributed by atoms with Crippen molar-refractivity contribution in [1.82, 2.24) is 9.55 Å². The second-order valence-corrected chi connectivity index (χ2v) is 1.67. The van der Waals surface area contributed by atoms with E-state index in [4.69, 9.17) is 5.90 Å². The van der Waals surface area contributed by atoms with Crippen molar-refractivity contribution in [2.24, 2.45) is 5.90 Å². The molecule has 0 atom stereocenters. The first-order valence-corrected chi connectivity index (χ1v) is 2.71. The van der Waals surface area contributed by atoms with Gasteiger partial charge < -0.3 is 9.40 Å². The van der Waals surface area contributed by atoms with Gasteiger partial charge in [0, 0.05) is 18.9 Å². The molecular formula is C5H9N3O. The molecule has 50 valence electrons. The van der Waals surface area contributed by atoms with Gasteiger partial charge in [0.05, 0.1) is 12.9 Å². The minimum Gasteiger partial charge on any atom is -0.335 e. The van der Waals surface area contributed by atoms with Crippen LogP contribution in [0.25, 0.3) is 0 Å². The van der Waals surface area contributed by atoms with Gasteiger partial charge in [-0.1, -0.05) is 0 Å². The summed E-state index contributed by atoms with van der Waals surface area (Å²) in [5.41, 5.74) is 0. The van der Waals surface area contributed by atoms with Crippen LogP contribution < -0.4 is 5.90 Å². The minimum absolute atomic E-state index is 0.524. The normalized spacial score (nSPS) is 9.89. The van der Waals surface area contributed by atoms with E-state index in [-0.39, 0.29) is 0 Å². The number of imidazole rings is 1. The Bertz CT molecular complexity index is 149. The quantitative estimate of drug-likeness (QED) is 0.571. The van der Waals surface area contributed by atoms with Crippen molar-refractivity contribution in [3.63, 3.8) is 0 Å². The summed E-state index contributed by atoms with van der Waals surface area (Å²) in [7, 11) is 0. The largest absolute Gasteiger partial charge is 0.335 e. The van der Waals surface area contributed by atoms with Gasteiger partial charge in [0.2, 0.25) is 0 Å². The van der Waals surface area contributed by atoms with Crippen molar-refractivity contribution in [2.45, 2.75) is 6.54 Å². The van der Waals surface area contributed by atoms with Gasteiger partial charge in [-0.3, -0.25) is 0 Å². The van der Waals surface area contributed by atoms with Gasteiger partial charge in [0.15, 0.2) is 0 Å². The minimum atomic E-state index is 0.524. The lowest BCUT2D eigenvalue weighted by Gasteiger charge is -1.97. The smallest absolute Gasteiger partial charge is 0.0946 e. The lowest BCUT2D eigenvalue weighted by Crippen LogP contribution is -2.07. The molecule has 2 N–H and O–H groups in total. The Labute approximate surface area is 53.2 Å². The van der Waals surface area contributed by atoms with Gasteiger partial charge in [0.1, 0.15) is 0 Å². The summed E-state index contributed by atoms with van der Waals surface area (Å²) >= 11 is 0. The number of hydrogen-bond donors (Lipinski definition) is 1. The fourth-order valence-corrected chi connectivity index (χ4v) is 0.577. The third-order valence-electron chi connectivity index (χ3n) is 1.03. The summed E-state index contributed by atoms with van der Waals surface area (Å²) in [5.74, 6) is 4.81. The summed E-state index contributed by atoms with van der Waals surface area (Å²) in [6.45, 7) is 1.28. The molecule has 0 saturated heterocycles. The van der Waals surface area contributed by atoms with Crippen molar-refractivity contribution >= 4 is 0 Å². The van der Waals surface area contributed by atoms with Gasteiger partial charge in [0.25, 0.3) is 0 Å². The molecule has 1 heterocycles. The van der Waals surface area contributed by atoms with E-state index in [1.807, 2.05) is 10.8 Å². The standard InChI is InChI=1S/C5H9N3O/c6-9-4-3-8-2-1-7-5-8/h1-2,5H,3-4,6H2. The Morgan fingerprint density at radius 3 is 3.11 bits per heavy atom. The van der Waals surface area contributed by atoms with Crippen LogP contribution in [-0.4, -0.2) is 16.2 Å². The second kappa shape index (κ2) is 3.21. The van der Waals surface area contributed by atoms with Crippen molar-refractivity contribution in [2.75, 3.05) is 6.61 Å². The monoisotopic (exact) mass is 127 g/mol. The summed E-state index contributed by atoms with van der Waals surface area (Å²) in [5, 5.41) is 0. The molecule has 4 nitrogen and oxygen atoms in total. The zero-order valence-corrected chi connectivity index (χ0v) is 5.03. The predicted molar refractivity (Wildman–Crippen MR) is 32.4 cm³/mol. The third kappa shape index (κ3) is 1.83. The summed E-state index contributed by atoms with van der Waals surface area (Å²) in [4.78, 5) is 8.21. The number of hydrogen-bond acceptors (Lipinski definition) is 3. The van der Waals surface area contributed by atoms with Gasteiger partial charge >= 0.3 is 0 Å². The van der Waals surface area contributed by atoms with Crippen molar-refractivity contribution in [3.8, 4) is 0 Å². The Morgan fingerprint density at radius 1 is 1.67 bits per heavy atom. The van der Waals surface area contributed by atoms with Crippen LogP contribution >= 0.6 is 0 Å². The molecule has 0 aliphatic rings. The Kier molecular flexibility index (Phi) is 2.23. The number of rotatable bonds is 3. The highest BCUT2D eigenvalue weighted by molar-refractivity contribution is 4.73. The molecule has 4 heteroatoms. The van der Waals surface area contributed by atoms with Crippen LogP contribution in [0.3, 0.4) is 0 Å². The van der Waals surface area contributed by atoms with Crippen molar-refractivity contribution in [1.29, 1.82) is 0 Å². The molecule has 1 aromatic heterocycles. The molecule has 0 saturated carbocycles. The van der Waals surface area contributed by atoms with Crippen LogP contribution in [0.5, 0.6) is 0 Å². The molecule has 0 unspecified atom stereocenters. The second-order valence-electron chi connectivity index (χ2n) is 1.67. The van der Waals surface area contributed by atoms with Gasteiger partial charge in [-0.25, -0.2) is 10.9 Å². The van der Waals surface area contributed by atoms with Gasteiger partial charge in [-0.2, -0.15) is 0 Å². The maximum Gasteiger partial charge on any atom is 0.0946 e. The summed E-state index contributed by atoms with van der Waals surface area (Å²) < 4.78 is 1.90. The first-order chi connectivity index (χ1) is 4.43. The van der Waals surface area contributed by atoms with Crippen LogP contribution in [0.4, 0.5) is 0 Å². The van der Waals surface area contributed by atoms with Crippen LogP contribution in [0, 0.1) is 0 Å². The van der Waals surface area contributed by atoms with Crippen LogP contribution in [-0.2, 0) is 11.4 Å². The zero-order chi connectivity index (χ0) is 6.53. The molecule has 0 aliphatic heterocycles. The lowest BCUT2D eigenvalue weighted by atomic mass is 10.7. The summed E-state index contributed by atoms with van der Waals surface area (Å²) in [6.07, 6.45) is 5.30. The molecule has 0 spiro atoms. The first-order valence-electron chi connectivity index (χ1n) is 2.71. The average molecular weight is 127 g/mol. The number of nitrogens with zero attached hydrogens (tertiary/aromatic N) is 2. The van der Waals surface area contributed by atoms with Crippen molar-refractivity contribution < 1.29 is 4.84 Å². The Hall–Kier alpha value is -0.870. The van der Waals surface area contributed by atoms with E-state index in [0.717, 1.165) is 6.54 Å². The molecule has 0 aliphatic carbocycles. The fourth-order valence-electron chi connectivity index (χ4n) is 0.577. The maximum absolute atomic E-state index is 4.81. The Balaban J connectivity index is 2.30. The molecule has 0 radical (unpaired) electrons. The van der Waals surface area contributed by atoms with Crippen molar-refractivity contribution in [3.05, 3.63) is 18.7 Å². The van der Waals surface area contributed by atoms with E-state index in [0.29, 0.717) is 6.61 Å². The molecule has 9 heavy (non-hydrogen) atoms. The molecule has 0 bridgehead atoms. The van der Waals surface area contributed by atoms with E-state index >= 15 is 0 Å². The van der Waals surface area contributed by atoms with Gasteiger partial charge in [-0.05, 0) is 0 Å². The zero-order valence-electron chi connectivity index (χ0n) is 5.03. The molecule has 0 amide bonds. The highest BCUT2D eigenvalue weighted by atomic mass is 16.6. The SMILES string of the molecule is NOCCn1ccnc1. The third-order valence-corrected chi connectivity index (χ3v) is 1.03. The summed E-state index contributed by atoms with van der Waals surface area (Å²) in [6, 6.07) is 0. The lowest BCUT2D eigenvalue weighted by molar-refractivity contribution is 0.129. The molecular weight excluding hydrogens is 118 g/mol.